The predicted octanol–water partition coefficient (Wildman–Crippen LogP) is 3.28. The molecule has 2 aromatic rings. The van der Waals surface area contributed by atoms with Crippen molar-refractivity contribution in [1.82, 2.24) is 5.32 Å². The summed E-state index contributed by atoms with van der Waals surface area (Å²) < 4.78 is 5.16. The van der Waals surface area contributed by atoms with Crippen LogP contribution < -0.4 is 15.0 Å². The van der Waals surface area contributed by atoms with Crippen LogP contribution >= 0.6 is 0 Å². The topological polar surface area (TPSA) is 41.6 Å². The number of hydrogen-bond acceptors (Lipinski definition) is 2. The smallest absolute Gasteiger partial charge is 0.322 e. The van der Waals surface area contributed by atoms with Crippen LogP contribution in [-0.4, -0.2) is 19.7 Å². The maximum atomic E-state index is 12.2. The Labute approximate surface area is 130 Å². The van der Waals surface area contributed by atoms with Gasteiger partial charge in [0.2, 0.25) is 0 Å². The van der Waals surface area contributed by atoms with Crippen molar-refractivity contribution >= 4 is 11.7 Å². The number of amides is 2. The molecule has 1 aliphatic heterocycles. The van der Waals surface area contributed by atoms with Crippen molar-refractivity contribution in [2.24, 2.45) is 0 Å². The zero-order chi connectivity index (χ0) is 15.5. The van der Waals surface area contributed by atoms with Crippen LogP contribution in [0.4, 0.5) is 10.5 Å². The van der Waals surface area contributed by atoms with Gasteiger partial charge in [0.25, 0.3) is 0 Å². The molecular weight excluding hydrogens is 276 g/mol. The number of carbonyl (C=O) groups excluding carboxylic acids is 1. The summed E-state index contributed by atoms with van der Waals surface area (Å²) in [6.45, 7) is 3.33. The Bertz CT molecular complexity index is 680. The summed E-state index contributed by atoms with van der Waals surface area (Å²) in [4.78, 5) is 14.0. The lowest BCUT2D eigenvalue weighted by Gasteiger charge is -2.30. The molecule has 0 unspecified atom stereocenters. The highest BCUT2D eigenvalue weighted by Gasteiger charge is 2.23. The molecule has 1 aliphatic rings. The van der Waals surface area contributed by atoms with Crippen LogP contribution in [0, 0.1) is 6.92 Å². The van der Waals surface area contributed by atoms with Crippen LogP contribution in [0.25, 0.3) is 0 Å². The van der Waals surface area contributed by atoms with Crippen LogP contribution in [0.1, 0.15) is 16.7 Å². The zero-order valence-electron chi connectivity index (χ0n) is 12.9. The fourth-order valence-electron chi connectivity index (χ4n) is 2.75. The van der Waals surface area contributed by atoms with E-state index in [1.807, 2.05) is 35.2 Å². The SMILES string of the molecule is COc1ccc(CCN2C(=O)NCc3cc(C)ccc32)cc1. The Morgan fingerprint density at radius 1 is 1.18 bits per heavy atom. The molecule has 4 heteroatoms. The average Bonchev–Trinajstić information content (AvgIpc) is 2.54. The number of nitrogens with zero attached hydrogens (tertiary/aromatic N) is 1. The van der Waals surface area contributed by atoms with Gasteiger partial charge in [-0.2, -0.15) is 0 Å². The van der Waals surface area contributed by atoms with Gasteiger partial charge in [0, 0.05) is 13.1 Å². The van der Waals surface area contributed by atoms with E-state index >= 15 is 0 Å². The fraction of sp³-hybridized carbons (Fsp3) is 0.278. The number of fused-ring (bicyclic) bond motifs is 1. The number of carbonyl (C=O) groups is 1. The lowest BCUT2D eigenvalue weighted by molar-refractivity contribution is 0.244. The molecule has 1 N–H and O–H groups in total. The van der Waals surface area contributed by atoms with Crippen molar-refractivity contribution in [2.45, 2.75) is 19.9 Å². The lowest BCUT2D eigenvalue weighted by Crippen LogP contribution is -2.45. The Kier molecular flexibility index (Phi) is 4.00. The van der Waals surface area contributed by atoms with Crippen molar-refractivity contribution in [3.8, 4) is 5.75 Å². The number of anilines is 1. The largest absolute Gasteiger partial charge is 0.497 e. The number of benzene rings is 2. The van der Waals surface area contributed by atoms with E-state index in [1.165, 1.54) is 16.7 Å². The first kappa shape index (κ1) is 14.4. The first-order valence-electron chi connectivity index (χ1n) is 7.45. The number of nitrogens with one attached hydrogen (secondary N) is 1. The molecule has 0 saturated carbocycles. The molecule has 1 heterocycles. The number of urea groups is 1. The van der Waals surface area contributed by atoms with Gasteiger partial charge in [-0.25, -0.2) is 4.79 Å². The summed E-state index contributed by atoms with van der Waals surface area (Å²) in [7, 11) is 1.66. The quantitative estimate of drug-likeness (QED) is 0.940. The van der Waals surface area contributed by atoms with Crippen molar-refractivity contribution in [1.29, 1.82) is 0 Å². The first-order chi connectivity index (χ1) is 10.7. The number of methoxy groups -OCH3 is 1. The summed E-state index contributed by atoms with van der Waals surface area (Å²) >= 11 is 0. The second-order valence-corrected chi connectivity index (χ2v) is 5.54. The number of rotatable bonds is 4. The summed E-state index contributed by atoms with van der Waals surface area (Å²) in [6.07, 6.45) is 0.810. The van der Waals surface area contributed by atoms with Gasteiger partial charge in [-0.05, 0) is 42.7 Å². The van der Waals surface area contributed by atoms with E-state index in [2.05, 4.69) is 24.4 Å². The molecule has 114 valence electrons. The van der Waals surface area contributed by atoms with Crippen molar-refractivity contribution in [3.05, 3.63) is 59.2 Å². The van der Waals surface area contributed by atoms with E-state index in [-0.39, 0.29) is 6.03 Å². The van der Waals surface area contributed by atoms with Gasteiger partial charge in [-0.1, -0.05) is 29.8 Å². The van der Waals surface area contributed by atoms with Gasteiger partial charge in [-0.15, -0.1) is 0 Å². The minimum atomic E-state index is -0.0233. The van der Waals surface area contributed by atoms with Gasteiger partial charge >= 0.3 is 6.03 Å². The summed E-state index contributed by atoms with van der Waals surface area (Å²) in [5.41, 5.74) is 4.59. The molecule has 4 nitrogen and oxygen atoms in total. The molecule has 2 amide bonds. The molecule has 0 saturated heterocycles. The van der Waals surface area contributed by atoms with Crippen LogP contribution in [-0.2, 0) is 13.0 Å². The van der Waals surface area contributed by atoms with E-state index < -0.39 is 0 Å². The standard InChI is InChI=1S/C18H20N2O2/c1-13-3-8-17-15(11-13)12-19-18(21)20(17)10-9-14-4-6-16(22-2)7-5-14/h3-8,11H,9-10,12H2,1-2H3,(H,19,21). The molecule has 0 aromatic heterocycles. The van der Waals surface area contributed by atoms with E-state index in [9.17, 15) is 4.79 Å². The third kappa shape index (κ3) is 2.91. The third-order valence-electron chi connectivity index (χ3n) is 3.98. The van der Waals surface area contributed by atoms with E-state index in [4.69, 9.17) is 4.74 Å². The molecule has 2 aromatic carbocycles. The van der Waals surface area contributed by atoms with Gasteiger partial charge in [-0.3, -0.25) is 4.90 Å². The van der Waals surface area contributed by atoms with Crippen LogP contribution in [0.3, 0.4) is 0 Å². The average molecular weight is 296 g/mol. The second kappa shape index (κ2) is 6.10. The molecule has 0 atom stereocenters. The highest BCUT2D eigenvalue weighted by Crippen LogP contribution is 2.26. The maximum absolute atomic E-state index is 12.2. The van der Waals surface area contributed by atoms with Crippen LogP contribution in [0.2, 0.25) is 0 Å². The van der Waals surface area contributed by atoms with Crippen LogP contribution in [0.5, 0.6) is 5.75 Å². The Morgan fingerprint density at radius 2 is 1.95 bits per heavy atom. The Hall–Kier alpha value is -2.49. The molecule has 3 rings (SSSR count). The van der Waals surface area contributed by atoms with Gasteiger partial charge < -0.3 is 10.1 Å². The number of ether oxygens (including phenoxy) is 1. The summed E-state index contributed by atoms with van der Waals surface area (Å²) in [6, 6.07) is 14.2. The number of hydrogen-bond donors (Lipinski definition) is 1. The molecule has 22 heavy (non-hydrogen) atoms. The maximum Gasteiger partial charge on any atom is 0.322 e. The van der Waals surface area contributed by atoms with Crippen molar-refractivity contribution < 1.29 is 9.53 Å². The predicted molar refractivity (Wildman–Crippen MR) is 87.5 cm³/mol. The zero-order valence-corrected chi connectivity index (χ0v) is 12.9. The minimum absolute atomic E-state index is 0.0233. The van der Waals surface area contributed by atoms with Gasteiger partial charge in [0.1, 0.15) is 5.75 Å². The van der Waals surface area contributed by atoms with E-state index in [0.717, 1.165) is 17.9 Å². The summed E-state index contributed by atoms with van der Waals surface area (Å²) in [5, 5.41) is 2.94. The van der Waals surface area contributed by atoms with Crippen LogP contribution in [0.15, 0.2) is 42.5 Å². The Morgan fingerprint density at radius 3 is 2.68 bits per heavy atom. The van der Waals surface area contributed by atoms with Crippen molar-refractivity contribution in [3.63, 3.8) is 0 Å². The molecule has 0 radical (unpaired) electrons. The first-order valence-corrected chi connectivity index (χ1v) is 7.45. The molecule has 0 aliphatic carbocycles. The summed E-state index contributed by atoms with van der Waals surface area (Å²) in [5.74, 6) is 0.847. The monoisotopic (exact) mass is 296 g/mol. The van der Waals surface area contributed by atoms with Gasteiger partial charge in [0.05, 0.1) is 12.8 Å². The minimum Gasteiger partial charge on any atom is -0.497 e. The Balaban J connectivity index is 1.75. The van der Waals surface area contributed by atoms with Crippen molar-refractivity contribution in [2.75, 3.05) is 18.6 Å². The molecule has 0 spiro atoms. The highest BCUT2D eigenvalue weighted by molar-refractivity contribution is 5.94. The molecule has 0 bridgehead atoms. The third-order valence-corrected chi connectivity index (χ3v) is 3.98. The molecule has 0 fully saturated rings. The molecular formula is C18H20N2O2. The van der Waals surface area contributed by atoms with E-state index in [1.54, 1.807) is 7.11 Å². The van der Waals surface area contributed by atoms with E-state index in [0.29, 0.717) is 13.1 Å². The normalized spacial score (nSPS) is 13.5. The second-order valence-electron chi connectivity index (χ2n) is 5.54. The number of aryl methyl sites for hydroxylation is 1. The highest BCUT2D eigenvalue weighted by atomic mass is 16.5. The lowest BCUT2D eigenvalue weighted by atomic mass is 10.1. The van der Waals surface area contributed by atoms with Gasteiger partial charge in [0.15, 0.2) is 0 Å². The fourth-order valence-corrected chi connectivity index (χ4v) is 2.75.